The van der Waals surface area contributed by atoms with Crippen molar-refractivity contribution in [3.8, 4) is 0 Å². The molecule has 0 saturated carbocycles. The van der Waals surface area contributed by atoms with Crippen molar-refractivity contribution in [1.82, 2.24) is 4.90 Å². The van der Waals surface area contributed by atoms with Gasteiger partial charge in [-0.25, -0.2) is 0 Å². The first-order chi connectivity index (χ1) is 7.95. The topological polar surface area (TPSA) is 12.5 Å². The van der Waals surface area contributed by atoms with Gasteiger partial charge >= 0.3 is 0 Å². The second kappa shape index (κ2) is 5.34. The lowest BCUT2D eigenvalue weighted by Gasteiger charge is -2.49. The highest BCUT2D eigenvalue weighted by Crippen LogP contribution is 2.32. The first kappa shape index (κ1) is 16.3. The Morgan fingerprint density at radius 2 is 1.56 bits per heavy atom. The van der Waals surface area contributed by atoms with Crippen molar-refractivity contribution in [3.05, 3.63) is 0 Å². The van der Waals surface area contributed by atoms with E-state index >= 15 is 0 Å². The third kappa shape index (κ3) is 4.75. The standard InChI is InChI=1S/C15H31NOS/c1-13(2,3)12(9-18)8-16-10-14(4,5)17-15(6,7)11-16/h12,18H,8-11H2,1-7H3. The molecule has 0 radical (unpaired) electrons. The molecule has 0 amide bonds. The maximum Gasteiger partial charge on any atom is 0.0760 e. The Labute approximate surface area is 119 Å². The fraction of sp³-hybridized carbons (Fsp3) is 1.00. The molecule has 0 aromatic heterocycles. The number of morpholine rings is 1. The van der Waals surface area contributed by atoms with E-state index in [9.17, 15) is 0 Å². The summed E-state index contributed by atoms with van der Waals surface area (Å²) in [5, 5.41) is 0. The summed E-state index contributed by atoms with van der Waals surface area (Å²) in [6.45, 7) is 18.8. The van der Waals surface area contributed by atoms with Gasteiger partial charge in [0.1, 0.15) is 0 Å². The Balaban J connectivity index is 2.72. The van der Waals surface area contributed by atoms with Gasteiger partial charge < -0.3 is 4.74 Å². The lowest BCUT2D eigenvalue weighted by molar-refractivity contribution is -0.183. The molecule has 0 bridgehead atoms. The maximum absolute atomic E-state index is 6.13. The maximum atomic E-state index is 6.13. The molecular weight excluding hydrogens is 242 g/mol. The largest absolute Gasteiger partial charge is 0.367 e. The Hall–Kier alpha value is 0.270. The predicted octanol–water partition coefficient (Wildman–Crippen LogP) is 3.47. The fourth-order valence-corrected chi connectivity index (χ4v) is 3.65. The van der Waals surface area contributed by atoms with Crippen LogP contribution in [0, 0.1) is 11.3 Å². The summed E-state index contributed by atoms with van der Waals surface area (Å²) >= 11 is 4.54. The molecule has 18 heavy (non-hydrogen) atoms. The van der Waals surface area contributed by atoms with Crippen LogP contribution < -0.4 is 0 Å². The van der Waals surface area contributed by atoms with Gasteiger partial charge in [-0.1, -0.05) is 20.8 Å². The Morgan fingerprint density at radius 3 is 1.89 bits per heavy atom. The van der Waals surface area contributed by atoms with Crippen molar-refractivity contribution in [2.24, 2.45) is 11.3 Å². The van der Waals surface area contributed by atoms with E-state index in [2.05, 4.69) is 66.0 Å². The van der Waals surface area contributed by atoms with Crippen molar-refractivity contribution in [2.75, 3.05) is 25.4 Å². The zero-order chi connectivity index (χ0) is 14.2. The molecule has 1 saturated heterocycles. The molecule has 1 unspecified atom stereocenters. The van der Waals surface area contributed by atoms with Gasteiger partial charge in [0.05, 0.1) is 11.2 Å². The van der Waals surface area contributed by atoms with Crippen LogP contribution >= 0.6 is 12.6 Å². The minimum absolute atomic E-state index is 0.0548. The number of thiol groups is 1. The molecule has 1 heterocycles. The highest BCUT2D eigenvalue weighted by Gasteiger charge is 2.39. The molecule has 0 aromatic rings. The third-order valence-corrected chi connectivity index (χ3v) is 4.13. The summed E-state index contributed by atoms with van der Waals surface area (Å²) in [6.07, 6.45) is 0. The summed E-state index contributed by atoms with van der Waals surface area (Å²) < 4.78 is 6.13. The molecule has 0 spiro atoms. The SMILES string of the molecule is CC1(C)CN(CC(CS)C(C)(C)C)CC(C)(C)O1. The fourth-order valence-electron chi connectivity index (χ4n) is 2.99. The van der Waals surface area contributed by atoms with Crippen molar-refractivity contribution in [2.45, 2.75) is 59.7 Å². The molecule has 1 aliphatic heterocycles. The van der Waals surface area contributed by atoms with Crippen LogP contribution in [0.1, 0.15) is 48.5 Å². The number of hydrogen-bond acceptors (Lipinski definition) is 3. The molecule has 1 atom stereocenters. The number of rotatable bonds is 3. The van der Waals surface area contributed by atoms with E-state index in [0.29, 0.717) is 11.3 Å². The highest BCUT2D eigenvalue weighted by molar-refractivity contribution is 7.80. The van der Waals surface area contributed by atoms with Gasteiger partial charge in [0.2, 0.25) is 0 Å². The Morgan fingerprint density at radius 1 is 1.11 bits per heavy atom. The van der Waals surface area contributed by atoms with Crippen LogP contribution in [0.2, 0.25) is 0 Å². The first-order valence-corrected chi connectivity index (χ1v) is 7.62. The lowest BCUT2D eigenvalue weighted by Crippen LogP contribution is -2.58. The smallest absolute Gasteiger partial charge is 0.0760 e. The quantitative estimate of drug-likeness (QED) is 0.791. The number of ether oxygens (including phenoxy) is 1. The van der Waals surface area contributed by atoms with Gasteiger partial charge in [-0.05, 0) is 44.8 Å². The van der Waals surface area contributed by atoms with Crippen molar-refractivity contribution < 1.29 is 4.74 Å². The van der Waals surface area contributed by atoms with E-state index < -0.39 is 0 Å². The molecule has 1 fully saturated rings. The van der Waals surface area contributed by atoms with E-state index in [4.69, 9.17) is 4.74 Å². The van der Waals surface area contributed by atoms with E-state index in [1.165, 1.54) is 0 Å². The summed E-state index contributed by atoms with van der Waals surface area (Å²) in [6, 6.07) is 0. The molecule has 1 aliphatic rings. The van der Waals surface area contributed by atoms with Gasteiger partial charge in [0, 0.05) is 19.6 Å². The van der Waals surface area contributed by atoms with Crippen LogP contribution in [0.25, 0.3) is 0 Å². The van der Waals surface area contributed by atoms with Crippen LogP contribution in [-0.2, 0) is 4.74 Å². The van der Waals surface area contributed by atoms with Gasteiger partial charge in [-0.15, -0.1) is 0 Å². The summed E-state index contributed by atoms with van der Waals surface area (Å²) in [5.41, 5.74) is 0.204. The zero-order valence-corrected chi connectivity index (χ0v) is 14.1. The average molecular weight is 273 g/mol. The second-order valence-electron chi connectivity index (χ2n) is 8.04. The molecule has 2 nitrogen and oxygen atoms in total. The molecule has 0 aromatic carbocycles. The van der Waals surface area contributed by atoms with E-state index in [0.717, 1.165) is 25.4 Å². The Kier molecular flexibility index (Phi) is 4.84. The zero-order valence-electron chi connectivity index (χ0n) is 13.2. The van der Waals surface area contributed by atoms with Gasteiger partial charge in [0.25, 0.3) is 0 Å². The van der Waals surface area contributed by atoms with E-state index in [1.807, 2.05) is 0 Å². The number of hydrogen-bond donors (Lipinski definition) is 1. The van der Waals surface area contributed by atoms with E-state index in [-0.39, 0.29) is 11.2 Å². The summed E-state index contributed by atoms with van der Waals surface area (Å²) in [4.78, 5) is 2.55. The van der Waals surface area contributed by atoms with Crippen LogP contribution in [-0.4, -0.2) is 41.5 Å². The van der Waals surface area contributed by atoms with Crippen LogP contribution in [0.4, 0.5) is 0 Å². The summed E-state index contributed by atoms with van der Waals surface area (Å²) in [7, 11) is 0. The second-order valence-corrected chi connectivity index (χ2v) is 8.40. The third-order valence-electron chi connectivity index (χ3n) is 3.69. The number of nitrogens with zero attached hydrogens (tertiary/aromatic N) is 1. The van der Waals surface area contributed by atoms with Crippen molar-refractivity contribution in [3.63, 3.8) is 0 Å². The van der Waals surface area contributed by atoms with Crippen molar-refractivity contribution in [1.29, 1.82) is 0 Å². The van der Waals surface area contributed by atoms with Crippen LogP contribution in [0.15, 0.2) is 0 Å². The molecule has 0 aliphatic carbocycles. The predicted molar refractivity (Wildman–Crippen MR) is 82.5 cm³/mol. The molecule has 1 rings (SSSR count). The minimum Gasteiger partial charge on any atom is -0.367 e. The molecule has 3 heteroatoms. The van der Waals surface area contributed by atoms with Gasteiger partial charge in [-0.3, -0.25) is 4.90 Å². The minimum atomic E-state index is -0.0548. The van der Waals surface area contributed by atoms with Gasteiger partial charge in [-0.2, -0.15) is 12.6 Å². The van der Waals surface area contributed by atoms with E-state index in [1.54, 1.807) is 0 Å². The normalized spacial score (nSPS) is 26.0. The molecule has 0 N–H and O–H groups in total. The van der Waals surface area contributed by atoms with Gasteiger partial charge in [0.15, 0.2) is 0 Å². The monoisotopic (exact) mass is 273 g/mol. The highest BCUT2D eigenvalue weighted by atomic mass is 32.1. The van der Waals surface area contributed by atoms with Crippen LogP contribution in [0.5, 0.6) is 0 Å². The Bertz CT molecular complexity index is 265. The lowest BCUT2D eigenvalue weighted by atomic mass is 9.81. The molecular formula is C15H31NOS. The van der Waals surface area contributed by atoms with Crippen LogP contribution in [0.3, 0.4) is 0 Å². The molecule has 108 valence electrons. The summed E-state index contributed by atoms with van der Waals surface area (Å²) in [5.74, 6) is 1.56. The first-order valence-electron chi connectivity index (χ1n) is 6.99. The van der Waals surface area contributed by atoms with Crippen molar-refractivity contribution >= 4 is 12.6 Å². The average Bonchev–Trinajstić information content (AvgIpc) is 2.06.